The highest BCUT2D eigenvalue weighted by Crippen LogP contribution is 2.12. The van der Waals surface area contributed by atoms with Gasteiger partial charge in [0.2, 0.25) is 11.9 Å². The largest absolute Gasteiger partial charge is 0.227 e. The summed E-state index contributed by atoms with van der Waals surface area (Å²) in [6.45, 7) is 0. The molecular weight excluding hydrogens is 398 g/mol. The van der Waals surface area contributed by atoms with Gasteiger partial charge < -0.3 is 0 Å². The molecule has 4 nitrogen and oxygen atoms in total. The summed E-state index contributed by atoms with van der Waals surface area (Å²) in [4.78, 5) is 7.02. The molecule has 0 unspecified atom stereocenters. The minimum Gasteiger partial charge on any atom is -0.227 e. The second kappa shape index (κ2) is 6.76. The van der Waals surface area contributed by atoms with E-state index in [-0.39, 0.29) is 11.1 Å². The molecule has 0 aliphatic heterocycles. The van der Waals surface area contributed by atoms with Crippen molar-refractivity contribution in [3.63, 3.8) is 0 Å². The fraction of sp³-hybridized carbons (Fsp3) is 0. The molecule has 0 aromatic carbocycles. The van der Waals surface area contributed by atoms with Gasteiger partial charge in [-0.25, -0.2) is 9.97 Å². The molecule has 0 N–H and O–H groups in total. The van der Waals surface area contributed by atoms with Crippen molar-refractivity contribution < 1.29 is 8.78 Å². The molecule has 0 saturated carbocycles. The van der Waals surface area contributed by atoms with Crippen molar-refractivity contribution in [3.8, 4) is 0 Å². The lowest BCUT2D eigenvalue weighted by molar-refractivity contribution is 0.580. The summed E-state index contributed by atoms with van der Waals surface area (Å²) in [6.07, 6.45) is 5.04. The van der Waals surface area contributed by atoms with E-state index in [1.54, 1.807) is 0 Å². The summed E-state index contributed by atoms with van der Waals surface area (Å²) in [5.41, 5.74) is 0.341. The number of hydrogen-bond acceptors (Lipinski definition) is 4. The lowest BCUT2D eigenvalue weighted by Gasteiger charge is -1.95. The third-order valence-corrected chi connectivity index (χ3v) is 2.99. The average molecular weight is 404 g/mol. The third-order valence-electron chi connectivity index (χ3n) is 2.13. The summed E-state index contributed by atoms with van der Waals surface area (Å²) in [6, 6.07) is 3.01. The van der Waals surface area contributed by atoms with E-state index in [1.165, 1.54) is 37.0 Å². The van der Waals surface area contributed by atoms with Crippen LogP contribution in [0.3, 0.4) is 0 Å². The smallest absolute Gasteiger partial charge is 0.221 e. The third kappa shape index (κ3) is 3.97. The molecule has 0 atom stereocenters. The van der Waals surface area contributed by atoms with Crippen LogP contribution in [-0.4, -0.2) is 22.4 Å². The Hall–Kier alpha value is -1.54. The van der Waals surface area contributed by atoms with E-state index in [4.69, 9.17) is 0 Å². The van der Waals surface area contributed by atoms with Gasteiger partial charge in [0.1, 0.15) is 0 Å². The number of nitrogens with zero attached hydrogens (tertiary/aromatic N) is 4. The highest BCUT2D eigenvalue weighted by Gasteiger charge is 2.02. The summed E-state index contributed by atoms with van der Waals surface area (Å²) in [7, 11) is 0. The first-order valence-electron chi connectivity index (χ1n) is 5.25. The van der Waals surface area contributed by atoms with Gasteiger partial charge in [0.05, 0.1) is 23.6 Å². The molecule has 0 fully saturated rings. The maximum atomic E-state index is 13.3. The Bertz CT molecular complexity index is 630. The molecule has 0 amide bonds. The lowest BCUT2D eigenvalue weighted by atomic mass is 10.3. The molecule has 0 saturated heterocycles. The molecule has 0 radical (unpaired) electrons. The Morgan fingerprint density at radius 2 is 1.25 bits per heavy atom. The van der Waals surface area contributed by atoms with Crippen LogP contribution in [0.5, 0.6) is 0 Å². The van der Waals surface area contributed by atoms with Crippen molar-refractivity contribution in [3.05, 3.63) is 56.5 Å². The second-order valence-corrected chi connectivity index (χ2v) is 5.39. The van der Waals surface area contributed by atoms with Crippen LogP contribution >= 0.6 is 31.9 Å². The van der Waals surface area contributed by atoms with E-state index in [9.17, 15) is 8.78 Å². The van der Waals surface area contributed by atoms with Crippen LogP contribution in [0.25, 0.3) is 0 Å². The number of aromatic nitrogens is 2. The molecule has 2 aromatic rings. The summed E-state index contributed by atoms with van der Waals surface area (Å²) < 4.78 is 27.8. The first-order valence-corrected chi connectivity index (χ1v) is 6.83. The zero-order valence-corrected chi connectivity index (χ0v) is 12.9. The van der Waals surface area contributed by atoms with Gasteiger partial charge in [-0.05, 0) is 44.0 Å². The number of rotatable bonds is 3. The highest BCUT2D eigenvalue weighted by molar-refractivity contribution is 9.10. The van der Waals surface area contributed by atoms with Crippen molar-refractivity contribution in [2.75, 3.05) is 0 Å². The Morgan fingerprint density at radius 3 is 1.65 bits per heavy atom. The standard InChI is InChI=1S/C12H6Br2F2N4/c13-9-1-7(11(15)17-5-9)3-19-20-4-8-2-10(14)6-18-12(8)16/h1-6H/b19-3-,20-4+. The Balaban J connectivity index is 2.15. The Kier molecular flexibility index (Phi) is 5.02. The molecule has 0 aliphatic carbocycles. The number of halogens is 4. The first kappa shape index (κ1) is 14.9. The van der Waals surface area contributed by atoms with E-state index in [0.29, 0.717) is 8.95 Å². The van der Waals surface area contributed by atoms with E-state index in [0.717, 1.165) is 0 Å². The zero-order chi connectivity index (χ0) is 14.5. The molecule has 2 rings (SSSR count). The van der Waals surface area contributed by atoms with Gasteiger partial charge in [0.15, 0.2) is 0 Å². The molecular formula is C12H6Br2F2N4. The van der Waals surface area contributed by atoms with Gasteiger partial charge in [-0.2, -0.15) is 19.0 Å². The predicted octanol–water partition coefficient (Wildman–Crippen LogP) is 3.73. The fourth-order valence-corrected chi connectivity index (χ4v) is 1.95. The SMILES string of the molecule is Fc1ncc(Br)cc1/C=N\N=C\c1cc(Br)cnc1F. The van der Waals surface area contributed by atoms with Gasteiger partial charge in [0, 0.05) is 21.3 Å². The minimum atomic E-state index is -0.664. The second-order valence-electron chi connectivity index (χ2n) is 3.56. The topological polar surface area (TPSA) is 50.5 Å². The van der Waals surface area contributed by atoms with Gasteiger partial charge in [-0.15, -0.1) is 0 Å². The quantitative estimate of drug-likeness (QED) is 0.445. The Labute approximate surface area is 129 Å². The van der Waals surface area contributed by atoms with Crippen LogP contribution in [0.2, 0.25) is 0 Å². The molecule has 2 heterocycles. The van der Waals surface area contributed by atoms with Gasteiger partial charge in [-0.3, -0.25) is 0 Å². The van der Waals surface area contributed by atoms with E-state index in [2.05, 4.69) is 52.0 Å². The summed E-state index contributed by atoms with van der Waals surface area (Å²) in [5.74, 6) is -1.33. The van der Waals surface area contributed by atoms with Gasteiger partial charge >= 0.3 is 0 Å². The lowest BCUT2D eigenvalue weighted by Crippen LogP contribution is -1.93. The highest BCUT2D eigenvalue weighted by atomic mass is 79.9. The monoisotopic (exact) mass is 402 g/mol. The molecule has 20 heavy (non-hydrogen) atoms. The predicted molar refractivity (Wildman–Crippen MR) is 79.0 cm³/mol. The molecule has 0 aliphatic rings. The van der Waals surface area contributed by atoms with E-state index < -0.39 is 11.9 Å². The first-order chi connectivity index (χ1) is 9.56. The molecule has 102 valence electrons. The maximum absolute atomic E-state index is 13.3. The normalized spacial score (nSPS) is 11.6. The molecule has 0 bridgehead atoms. The Morgan fingerprint density at radius 1 is 0.850 bits per heavy atom. The van der Waals surface area contributed by atoms with Crippen molar-refractivity contribution in [2.24, 2.45) is 10.2 Å². The van der Waals surface area contributed by atoms with E-state index in [1.807, 2.05) is 0 Å². The van der Waals surface area contributed by atoms with Crippen LogP contribution in [0.15, 0.2) is 43.7 Å². The van der Waals surface area contributed by atoms with Crippen molar-refractivity contribution in [1.82, 2.24) is 9.97 Å². The van der Waals surface area contributed by atoms with Crippen molar-refractivity contribution in [2.45, 2.75) is 0 Å². The van der Waals surface area contributed by atoms with Gasteiger partial charge in [0.25, 0.3) is 0 Å². The van der Waals surface area contributed by atoms with Crippen LogP contribution < -0.4 is 0 Å². The van der Waals surface area contributed by atoms with Crippen LogP contribution in [0.1, 0.15) is 11.1 Å². The van der Waals surface area contributed by atoms with Crippen LogP contribution in [0, 0.1) is 11.9 Å². The molecule has 2 aromatic heterocycles. The van der Waals surface area contributed by atoms with E-state index >= 15 is 0 Å². The average Bonchev–Trinajstić information content (AvgIpc) is 2.42. The number of hydrogen-bond donors (Lipinski definition) is 0. The molecule has 0 spiro atoms. The zero-order valence-electron chi connectivity index (χ0n) is 9.76. The number of pyridine rings is 2. The maximum Gasteiger partial charge on any atom is 0.221 e. The van der Waals surface area contributed by atoms with Gasteiger partial charge in [-0.1, -0.05) is 0 Å². The summed E-state index contributed by atoms with van der Waals surface area (Å²) in [5, 5.41) is 7.29. The molecule has 8 heteroatoms. The summed E-state index contributed by atoms with van der Waals surface area (Å²) >= 11 is 6.33. The fourth-order valence-electron chi connectivity index (χ4n) is 1.25. The van der Waals surface area contributed by atoms with Crippen LogP contribution in [-0.2, 0) is 0 Å². The minimum absolute atomic E-state index is 0.171. The van der Waals surface area contributed by atoms with Crippen molar-refractivity contribution in [1.29, 1.82) is 0 Å². The van der Waals surface area contributed by atoms with Crippen molar-refractivity contribution >= 4 is 44.3 Å². The van der Waals surface area contributed by atoms with Crippen LogP contribution in [0.4, 0.5) is 8.78 Å².